The lowest BCUT2D eigenvalue weighted by atomic mass is 10.1. The third-order valence-corrected chi connectivity index (χ3v) is 4.81. The highest BCUT2D eigenvalue weighted by molar-refractivity contribution is 5.82. The highest BCUT2D eigenvalue weighted by atomic mass is 19.1. The van der Waals surface area contributed by atoms with E-state index in [1.165, 1.54) is 12.1 Å². The summed E-state index contributed by atoms with van der Waals surface area (Å²) in [5, 5.41) is 0.777. The van der Waals surface area contributed by atoms with E-state index in [-0.39, 0.29) is 11.9 Å². The molecule has 134 valence electrons. The van der Waals surface area contributed by atoms with Crippen LogP contribution in [-0.2, 0) is 0 Å². The van der Waals surface area contributed by atoms with Gasteiger partial charge in [0.25, 0.3) is 0 Å². The highest BCUT2D eigenvalue weighted by Crippen LogP contribution is 2.26. The van der Waals surface area contributed by atoms with E-state index in [1.54, 1.807) is 24.3 Å². The zero-order valence-electron chi connectivity index (χ0n) is 14.6. The van der Waals surface area contributed by atoms with Crippen LogP contribution < -0.4 is 10.4 Å². The molecule has 1 aromatic heterocycles. The Morgan fingerprint density at radius 2 is 1.92 bits per heavy atom. The molecule has 1 aliphatic rings. The largest absolute Gasteiger partial charge is 0.490 e. The minimum atomic E-state index is -0.487. The number of ether oxygens (including phenoxy) is 1. The van der Waals surface area contributed by atoms with Crippen molar-refractivity contribution in [2.45, 2.75) is 18.9 Å². The van der Waals surface area contributed by atoms with Gasteiger partial charge in [0.2, 0.25) is 0 Å². The van der Waals surface area contributed by atoms with Gasteiger partial charge in [-0.2, -0.15) is 0 Å². The summed E-state index contributed by atoms with van der Waals surface area (Å²) in [5.41, 5.74) is 0.841. The average molecular weight is 353 g/mol. The van der Waals surface area contributed by atoms with Crippen LogP contribution in [0.5, 0.6) is 5.75 Å². The maximum absolute atomic E-state index is 13.4. The van der Waals surface area contributed by atoms with Crippen LogP contribution in [0.4, 0.5) is 4.39 Å². The molecule has 0 atom stereocenters. The van der Waals surface area contributed by atoms with E-state index in [4.69, 9.17) is 9.15 Å². The van der Waals surface area contributed by atoms with E-state index >= 15 is 0 Å². The number of hydrogen-bond donors (Lipinski definition) is 0. The first-order valence-corrected chi connectivity index (χ1v) is 8.77. The molecule has 0 bridgehead atoms. The molecule has 1 fully saturated rings. The molecule has 0 spiro atoms. The number of rotatable bonds is 3. The molecule has 0 amide bonds. The Kier molecular flexibility index (Phi) is 4.47. The minimum absolute atomic E-state index is 0.182. The quantitative estimate of drug-likeness (QED) is 0.666. The van der Waals surface area contributed by atoms with Crippen LogP contribution in [-0.4, -0.2) is 31.1 Å². The van der Waals surface area contributed by atoms with Crippen molar-refractivity contribution >= 4 is 11.0 Å². The summed E-state index contributed by atoms with van der Waals surface area (Å²) in [6.45, 7) is 2.04. The number of halogens is 1. The van der Waals surface area contributed by atoms with Crippen molar-refractivity contribution in [3.63, 3.8) is 0 Å². The number of likely N-dealkylation sites (tertiary alicyclic amines) is 1. The lowest BCUT2D eigenvalue weighted by Crippen LogP contribution is -2.35. The van der Waals surface area contributed by atoms with Gasteiger partial charge in [0.05, 0.1) is 5.56 Å². The standard InChI is InChI=1S/C21H20FNO3/c1-23-9-7-17(8-10-23)25-18-6-5-15-12-19(21(24)26-20(15)13-18)14-3-2-4-16(22)11-14/h2-6,11-13,17H,7-10H2,1H3. The highest BCUT2D eigenvalue weighted by Gasteiger charge is 2.18. The van der Waals surface area contributed by atoms with E-state index in [0.29, 0.717) is 22.5 Å². The van der Waals surface area contributed by atoms with Gasteiger partial charge in [-0.1, -0.05) is 12.1 Å². The summed E-state index contributed by atoms with van der Waals surface area (Å²) < 4.78 is 25.0. The molecule has 26 heavy (non-hydrogen) atoms. The fourth-order valence-electron chi connectivity index (χ4n) is 3.32. The summed E-state index contributed by atoms with van der Waals surface area (Å²) in [6.07, 6.45) is 2.15. The number of benzene rings is 2. The second kappa shape index (κ2) is 6.92. The van der Waals surface area contributed by atoms with Gasteiger partial charge in [-0.15, -0.1) is 0 Å². The fourth-order valence-corrected chi connectivity index (χ4v) is 3.32. The maximum Gasteiger partial charge on any atom is 0.344 e. The molecule has 0 aliphatic carbocycles. The van der Waals surface area contributed by atoms with Crippen molar-refractivity contribution in [1.82, 2.24) is 4.90 Å². The molecule has 1 aliphatic heterocycles. The van der Waals surface area contributed by atoms with Gasteiger partial charge in [-0.05, 0) is 55.8 Å². The molecule has 2 heterocycles. The van der Waals surface area contributed by atoms with E-state index in [9.17, 15) is 9.18 Å². The van der Waals surface area contributed by atoms with Gasteiger partial charge in [0, 0.05) is 24.5 Å². The van der Waals surface area contributed by atoms with Crippen LogP contribution in [0, 0.1) is 5.82 Å². The van der Waals surface area contributed by atoms with Gasteiger partial charge >= 0.3 is 5.63 Å². The predicted octanol–water partition coefficient (Wildman–Crippen LogP) is 4.07. The summed E-state index contributed by atoms with van der Waals surface area (Å²) in [7, 11) is 2.11. The molecule has 2 aromatic carbocycles. The van der Waals surface area contributed by atoms with Crippen molar-refractivity contribution < 1.29 is 13.5 Å². The molecule has 0 N–H and O–H groups in total. The Bertz CT molecular complexity index is 990. The van der Waals surface area contributed by atoms with Crippen LogP contribution in [0.2, 0.25) is 0 Å². The Morgan fingerprint density at radius 1 is 1.12 bits per heavy atom. The summed E-state index contributed by atoms with van der Waals surface area (Å²) >= 11 is 0. The summed E-state index contributed by atoms with van der Waals surface area (Å²) in [4.78, 5) is 14.6. The monoisotopic (exact) mass is 353 g/mol. The van der Waals surface area contributed by atoms with Crippen LogP contribution in [0.25, 0.3) is 22.1 Å². The van der Waals surface area contributed by atoms with Gasteiger partial charge in [0.15, 0.2) is 0 Å². The van der Waals surface area contributed by atoms with Crippen LogP contribution >= 0.6 is 0 Å². The number of fused-ring (bicyclic) bond motifs is 1. The zero-order chi connectivity index (χ0) is 18.1. The van der Waals surface area contributed by atoms with Crippen molar-refractivity contribution in [1.29, 1.82) is 0 Å². The van der Waals surface area contributed by atoms with Gasteiger partial charge in [0.1, 0.15) is 23.3 Å². The van der Waals surface area contributed by atoms with Crippen molar-refractivity contribution in [3.05, 3.63) is 64.8 Å². The molecular weight excluding hydrogens is 333 g/mol. The van der Waals surface area contributed by atoms with Crippen LogP contribution in [0.3, 0.4) is 0 Å². The van der Waals surface area contributed by atoms with E-state index < -0.39 is 5.63 Å². The zero-order valence-corrected chi connectivity index (χ0v) is 14.6. The minimum Gasteiger partial charge on any atom is -0.490 e. The molecule has 3 aromatic rings. The molecule has 0 radical (unpaired) electrons. The van der Waals surface area contributed by atoms with Gasteiger partial charge in [-0.3, -0.25) is 0 Å². The molecule has 1 saturated heterocycles. The molecule has 4 rings (SSSR count). The van der Waals surface area contributed by atoms with Crippen molar-refractivity contribution in [3.8, 4) is 16.9 Å². The van der Waals surface area contributed by atoms with E-state index in [0.717, 1.165) is 31.3 Å². The third-order valence-electron chi connectivity index (χ3n) is 4.81. The topological polar surface area (TPSA) is 42.7 Å². The van der Waals surface area contributed by atoms with E-state index in [1.807, 2.05) is 12.1 Å². The Morgan fingerprint density at radius 3 is 2.69 bits per heavy atom. The molecule has 4 nitrogen and oxygen atoms in total. The molecule has 0 unspecified atom stereocenters. The Hall–Kier alpha value is -2.66. The lowest BCUT2D eigenvalue weighted by Gasteiger charge is -2.29. The summed E-state index contributed by atoms with van der Waals surface area (Å²) in [5.74, 6) is 0.317. The van der Waals surface area contributed by atoms with Crippen molar-refractivity contribution in [2.75, 3.05) is 20.1 Å². The normalized spacial score (nSPS) is 16.1. The van der Waals surface area contributed by atoms with Gasteiger partial charge in [-0.25, -0.2) is 9.18 Å². The first-order valence-electron chi connectivity index (χ1n) is 8.77. The summed E-state index contributed by atoms with van der Waals surface area (Å²) in [6, 6.07) is 13.2. The first kappa shape index (κ1) is 16.8. The molecular formula is C21H20FNO3. The smallest absolute Gasteiger partial charge is 0.344 e. The lowest BCUT2D eigenvalue weighted by molar-refractivity contribution is 0.114. The van der Waals surface area contributed by atoms with Crippen molar-refractivity contribution in [2.24, 2.45) is 0 Å². The molecule has 5 heteroatoms. The second-order valence-electron chi connectivity index (χ2n) is 6.78. The SMILES string of the molecule is CN1CCC(Oc2ccc3cc(-c4cccc(F)c4)c(=O)oc3c2)CC1. The predicted molar refractivity (Wildman–Crippen MR) is 99.0 cm³/mol. The second-order valence-corrected chi connectivity index (χ2v) is 6.78. The maximum atomic E-state index is 13.4. The van der Waals surface area contributed by atoms with Crippen LogP contribution in [0.15, 0.2) is 57.7 Å². The third kappa shape index (κ3) is 3.48. The number of piperidine rings is 1. The Balaban J connectivity index is 1.63. The van der Waals surface area contributed by atoms with Crippen LogP contribution in [0.1, 0.15) is 12.8 Å². The molecule has 0 saturated carbocycles. The fraction of sp³-hybridized carbons (Fsp3) is 0.286. The number of nitrogens with zero attached hydrogens (tertiary/aromatic N) is 1. The van der Waals surface area contributed by atoms with Gasteiger partial charge < -0.3 is 14.1 Å². The first-order chi connectivity index (χ1) is 12.6. The Labute approximate surface area is 150 Å². The van der Waals surface area contributed by atoms with E-state index in [2.05, 4.69) is 11.9 Å². The average Bonchev–Trinajstić information content (AvgIpc) is 2.63. The number of hydrogen-bond acceptors (Lipinski definition) is 4.